The van der Waals surface area contributed by atoms with Crippen molar-refractivity contribution in [3.8, 4) is 0 Å². The summed E-state index contributed by atoms with van der Waals surface area (Å²) in [6.07, 6.45) is 11.1. The van der Waals surface area contributed by atoms with E-state index in [0.29, 0.717) is 6.10 Å². The van der Waals surface area contributed by atoms with Gasteiger partial charge >= 0.3 is 0 Å². The summed E-state index contributed by atoms with van der Waals surface area (Å²) in [5, 5.41) is 0. The van der Waals surface area contributed by atoms with Crippen LogP contribution in [0, 0.1) is 0 Å². The predicted octanol–water partition coefficient (Wildman–Crippen LogP) is 4.10. The number of rotatable bonds is 10. The van der Waals surface area contributed by atoms with Crippen LogP contribution < -0.4 is 0 Å². The number of unbranched alkanes of at least 4 members (excludes halogenated alkanes) is 3. The van der Waals surface area contributed by atoms with E-state index >= 15 is 0 Å². The van der Waals surface area contributed by atoms with E-state index in [0.717, 1.165) is 19.4 Å². The van der Waals surface area contributed by atoms with Crippen molar-refractivity contribution in [2.24, 2.45) is 0 Å². The zero-order chi connectivity index (χ0) is 10.6. The van der Waals surface area contributed by atoms with Crippen LogP contribution >= 0.6 is 0 Å². The van der Waals surface area contributed by atoms with E-state index in [4.69, 9.17) is 4.74 Å². The van der Waals surface area contributed by atoms with Crippen molar-refractivity contribution in [1.29, 1.82) is 0 Å². The van der Waals surface area contributed by atoms with E-state index in [-0.39, 0.29) is 0 Å². The molecule has 0 heterocycles. The lowest BCUT2D eigenvalue weighted by molar-refractivity contribution is 0.0548. The van der Waals surface area contributed by atoms with Gasteiger partial charge in [-0.15, -0.1) is 13.2 Å². The Labute approximate surface area is 88.9 Å². The fourth-order valence-corrected chi connectivity index (χ4v) is 1.38. The highest BCUT2D eigenvalue weighted by Crippen LogP contribution is 2.07. The average molecular weight is 196 g/mol. The zero-order valence-corrected chi connectivity index (χ0v) is 9.50. The first-order valence-corrected chi connectivity index (χ1v) is 5.68. The highest BCUT2D eigenvalue weighted by atomic mass is 16.5. The molecule has 0 saturated carbocycles. The Morgan fingerprint density at radius 1 is 1.07 bits per heavy atom. The predicted molar refractivity (Wildman–Crippen MR) is 63.5 cm³/mol. The van der Waals surface area contributed by atoms with Gasteiger partial charge in [-0.2, -0.15) is 0 Å². The molecule has 0 aromatic carbocycles. The molecule has 14 heavy (non-hydrogen) atoms. The fourth-order valence-electron chi connectivity index (χ4n) is 1.38. The molecule has 0 aliphatic rings. The third-order valence-corrected chi connectivity index (χ3v) is 2.21. The van der Waals surface area contributed by atoms with Gasteiger partial charge in [0.05, 0.1) is 6.10 Å². The molecule has 0 amide bonds. The van der Waals surface area contributed by atoms with E-state index in [1.54, 1.807) is 0 Å². The van der Waals surface area contributed by atoms with Crippen LogP contribution in [0.25, 0.3) is 0 Å². The Kier molecular flexibility index (Phi) is 10.1. The lowest BCUT2D eigenvalue weighted by Gasteiger charge is -2.14. The summed E-state index contributed by atoms with van der Waals surface area (Å²) in [7, 11) is 0. The highest BCUT2D eigenvalue weighted by molar-refractivity contribution is 4.80. The maximum absolute atomic E-state index is 5.73. The Bertz CT molecular complexity index is 130. The fraction of sp³-hybridized carbons (Fsp3) is 0.692. The number of hydrogen-bond donors (Lipinski definition) is 0. The maximum atomic E-state index is 5.73. The van der Waals surface area contributed by atoms with Gasteiger partial charge in [0.25, 0.3) is 0 Å². The second kappa shape index (κ2) is 10.5. The van der Waals surface area contributed by atoms with Crippen LogP contribution in [0.5, 0.6) is 0 Å². The highest BCUT2D eigenvalue weighted by Gasteiger charge is 2.03. The Morgan fingerprint density at radius 2 is 1.71 bits per heavy atom. The van der Waals surface area contributed by atoms with Gasteiger partial charge in [-0.3, -0.25) is 0 Å². The molecule has 1 nitrogen and oxygen atoms in total. The molecular formula is C13H24O. The molecular weight excluding hydrogens is 172 g/mol. The quantitative estimate of drug-likeness (QED) is 0.377. The van der Waals surface area contributed by atoms with Crippen molar-refractivity contribution >= 4 is 0 Å². The van der Waals surface area contributed by atoms with E-state index in [9.17, 15) is 0 Å². The Hall–Kier alpha value is -0.560. The SMILES string of the molecule is C=CCC(CC=C)OCCCCCC. The normalized spacial score (nSPS) is 10.4. The van der Waals surface area contributed by atoms with Gasteiger partial charge in [0.15, 0.2) is 0 Å². The second-order valence-corrected chi connectivity index (χ2v) is 3.60. The molecule has 0 aliphatic heterocycles. The number of hydrogen-bond acceptors (Lipinski definition) is 1. The van der Waals surface area contributed by atoms with Gasteiger partial charge in [0, 0.05) is 6.61 Å². The van der Waals surface area contributed by atoms with Gasteiger partial charge in [-0.1, -0.05) is 38.3 Å². The first-order chi connectivity index (χ1) is 6.85. The second-order valence-electron chi connectivity index (χ2n) is 3.60. The molecule has 82 valence electrons. The van der Waals surface area contributed by atoms with Crippen molar-refractivity contribution in [3.05, 3.63) is 25.3 Å². The van der Waals surface area contributed by atoms with E-state index in [2.05, 4.69) is 20.1 Å². The molecule has 0 rings (SSSR count). The molecule has 0 bridgehead atoms. The summed E-state index contributed by atoms with van der Waals surface area (Å²) in [6, 6.07) is 0. The molecule has 0 atom stereocenters. The van der Waals surface area contributed by atoms with E-state index < -0.39 is 0 Å². The molecule has 1 heteroatoms. The molecule has 0 N–H and O–H groups in total. The molecule has 0 aliphatic carbocycles. The summed E-state index contributed by atoms with van der Waals surface area (Å²) in [5.74, 6) is 0. The third-order valence-electron chi connectivity index (χ3n) is 2.21. The van der Waals surface area contributed by atoms with Gasteiger partial charge in [-0.05, 0) is 19.3 Å². The molecule has 0 radical (unpaired) electrons. The van der Waals surface area contributed by atoms with Crippen molar-refractivity contribution in [1.82, 2.24) is 0 Å². The summed E-state index contributed by atoms with van der Waals surface area (Å²) >= 11 is 0. The Morgan fingerprint density at radius 3 is 2.21 bits per heavy atom. The minimum absolute atomic E-state index is 0.298. The van der Waals surface area contributed by atoms with Crippen LogP contribution in [0.3, 0.4) is 0 Å². The van der Waals surface area contributed by atoms with Gasteiger partial charge in [-0.25, -0.2) is 0 Å². The summed E-state index contributed by atoms with van der Waals surface area (Å²) in [5.41, 5.74) is 0. The minimum Gasteiger partial charge on any atom is -0.378 e. The minimum atomic E-state index is 0.298. The molecule has 0 saturated heterocycles. The molecule has 0 fully saturated rings. The van der Waals surface area contributed by atoms with E-state index in [1.165, 1.54) is 25.7 Å². The van der Waals surface area contributed by atoms with Crippen molar-refractivity contribution in [2.45, 2.75) is 51.6 Å². The summed E-state index contributed by atoms with van der Waals surface area (Å²) < 4.78 is 5.73. The summed E-state index contributed by atoms with van der Waals surface area (Å²) in [6.45, 7) is 10.6. The topological polar surface area (TPSA) is 9.23 Å². The standard InChI is InChI=1S/C13H24O/c1-4-7-8-9-12-14-13(10-5-2)11-6-3/h5-6,13H,2-4,7-12H2,1H3. The largest absolute Gasteiger partial charge is 0.378 e. The number of ether oxygens (including phenoxy) is 1. The lowest BCUT2D eigenvalue weighted by atomic mass is 10.2. The maximum Gasteiger partial charge on any atom is 0.0643 e. The van der Waals surface area contributed by atoms with Crippen LogP contribution in [0.2, 0.25) is 0 Å². The first kappa shape index (κ1) is 13.4. The van der Waals surface area contributed by atoms with Crippen molar-refractivity contribution in [3.63, 3.8) is 0 Å². The van der Waals surface area contributed by atoms with Gasteiger partial charge in [0.1, 0.15) is 0 Å². The third kappa shape index (κ3) is 8.06. The monoisotopic (exact) mass is 196 g/mol. The van der Waals surface area contributed by atoms with Gasteiger partial charge in [0.2, 0.25) is 0 Å². The smallest absolute Gasteiger partial charge is 0.0643 e. The van der Waals surface area contributed by atoms with Crippen LogP contribution in [0.4, 0.5) is 0 Å². The van der Waals surface area contributed by atoms with Crippen LogP contribution in [-0.4, -0.2) is 12.7 Å². The average Bonchev–Trinajstić information content (AvgIpc) is 2.18. The van der Waals surface area contributed by atoms with Crippen LogP contribution in [-0.2, 0) is 4.74 Å². The van der Waals surface area contributed by atoms with Gasteiger partial charge < -0.3 is 4.74 Å². The molecule has 0 aromatic heterocycles. The van der Waals surface area contributed by atoms with Crippen molar-refractivity contribution < 1.29 is 4.74 Å². The van der Waals surface area contributed by atoms with Crippen LogP contribution in [0.1, 0.15) is 45.4 Å². The van der Waals surface area contributed by atoms with E-state index in [1.807, 2.05) is 12.2 Å². The first-order valence-electron chi connectivity index (χ1n) is 5.68. The molecule has 0 unspecified atom stereocenters. The van der Waals surface area contributed by atoms with Crippen molar-refractivity contribution in [2.75, 3.05) is 6.61 Å². The Balaban J connectivity index is 3.39. The lowest BCUT2D eigenvalue weighted by Crippen LogP contribution is -2.11. The molecule has 0 aromatic rings. The summed E-state index contributed by atoms with van der Waals surface area (Å²) in [4.78, 5) is 0. The molecule has 0 spiro atoms. The van der Waals surface area contributed by atoms with Crippen LogP contribution in [0.15, 0.2) is 25.3 Å². The zero-order valence-electron chi connectivity index (χ0n) is 9.50.